The number of carbonyl (C=O) groups is 2. The maximum atomic E-state index is 13.5. The number of ether oxygens (including phenoxy) is 1. The van der Waals surface area contributed by atoms with Crippen LogP contribution in [-0.4, -0.2) is 74.3 Å². The average molecular weight is 1080 g/mol. The fourth-order valence-corrected chi connectivity index (χ4v) is 8.88. The minimum atomic E-state index is -4.47. The molecule has 0 aromatic carbocycles. The molecular weight excluding hydrogens is 964 g/mol. The molecule has 0 aliphatic rings. The van der Waals surface area contributed by atoms with Crippen molar-refractivity contribution in [3.8, 4) is 0 Å². The molecule has 0 rings (SSSR count). The van der Waals surface area contributed by atoms with Crippen molar-refractivity contribution >= 4 is 19.7 Å². The van der Waals surface area contributed by atoms with Crippen LogP contribution in [0.2, 0.25) is 0 Å². The Hall–Kier alpha value is -3.33. The van der Waals surface area contributed by atoms with E-state index in [4.69, 9.17) is 13.8 Å². The van der Waals surface area contributed by atoms with Gasteiger partial charge in [0.15, 0.2) is 0 Å². The summed E-state index contributed by atoms with van der Waals surface area (Å²) in [5, 5.41) is 3.03. The molecule has 0 saturated heterocycles. The summed E-state index contributed by atoms with van der Waals surface area (Å²) in [4.78, 5) is 37.7. The van der Waals surface area contributed by atoms with Gasteiger partial charge in [-0.3, -0.25) is 18.6 Å². The molecule has 0 aliphatic carbocycles. The van der Waals surface area contributed by atoms with Crippen LogP contribution in [0.4, 0.5) is 0 Å². The van der Waals surface area contributed by atoms with Gasteiger partial charge in [-0.15, -0.1) is 0 Å². The van der Waals surface area contributed by atoms with Crippen molar-refractivity contribution in [2.45, 2.75) is 258 Å². The molecule has 0 heterocycles. The average Bonchev–Trinajstić information content (AvgIpc) is 3.38. The maximum Gasteiger partial charge on any atom is 0.472 e. The van der Waals surface area contributed by atoms with Gasteiger partial charge < -0.3 is 19.4 Å². The van der Waals surface area contributed by atoms with Crippen LogP contribution >= 0.6 is 7.82 Å². The third-order valence-corrected chi connectivity index (χ3v) is 13.9. The molecule has 1 amide bonds. The van der Waals surface area contributed by atoms with Crippen molar-refractivity contribution in [3.63, 3.8) is 0 Å². The molecule has 0 aliphatic heterocycles. The first-order valence-corrected chi connectivity index (χ1v) is 32.2. The van der Waals surface area contributed by atoms with Crippen LogP contribution in [0.1, 0.15) is 245 Å². The Morgan fingerprint density at radius 3 is 1.22 bits per heavy atom. The minimum absolute atomic E-state index is 0.0228. The van der Waals surface area contributed by atoms with Crippen LogP contribution in [0.3, 0.4) is 0 Å². The number of allylic oxidation sites excluding steroid dienone is 17. The van der Waals surface area contributed by atoms with Gasteiger partial charge in [-0.2, -0.15) is 0 Å². The fourth-order valence-electron chi connectivity index (χ4n) is 8.14. The molecular formula is C66H116N2O7P+. The Bertz CT molecular complexity index is 1670. The van der Waals surface area contributed by atoms with E-state index in [1.165, 1.54) is 103 Å². The maximum absolute atomic E-state index is 13.5. The van der Waals surface area contributed by atoms with Crippen molar-refractivity contribution in [3.05, 3.63) is 109 Å². The fraction of sp³-hybridized carbons (Fsp3) is 0.697. The SMILES string of the molecule is CCCCC/C=C\C/C=C\C/C=C\C/C=C\CCCCCC(=O)NC(COP(=O)(O)OCC[N+](C)(C)C)C(/C=C/CCCCCCCCCCCC)OC(=O)CCCCC/C=C\C/C=C\C/C=C\C/C=C\CCCCC. The lowest BCUT2D eigenvalue weighted by Crippen LogP contribution is -2.47. The van der Waals surface area contributed by atoms with E-state index in [0.717, 1.165) is 96.3 Å². The number of quaternary nitrogens is 1. The van der Waals surface area contributed by atoms with Gasteiger partial charge in [0.05, 0.1) is 33.8 Å². The molecule has 9 nitrogen and oxygen atoms in total. The predicted molar refractivity (Wildman–Crippen MR) is 327 cm³/mol. The summed E-state index contributed by atoms with van der Waals surface area (Å²) in [6.45, 7) is 6.89. The van der Waals surface area contributed by atoms with E-state index in [1.807, 2.05) is 33.3 Å². The largest absolute Gasteiger partial charge is 0.472 e. The second-order valence-electron chi connectivity index (χ2n) is 21.5. The Labute approximate surface area is 468 Å². The molecule has 10 heteroatoms. The number of nitrogens with zero attached hydrogens (tertiary/aromatic N) is 1. The highest BCUT2D eigenvalue weighted by molar-refractivity contribution is 7.47. The molecule has 0 spiro atoms. The van der Waals surface area contributed by atoms with Crippen LogP contribution in [0, 0.1) is 0 Å². The Morgan fingerprint density at radius 2 is 0.803 bits per heavy atom. The van der Waals surface area contributed by atoms with Crippen LogP contribution in [0.15, 0.2) is 109 Å². The van der Waals surface area contributed by atoms with E-state index in [9.17, 15) is 19.0 Å². The topological polar surface area (TPSA) is 111 Å². The van der Waals surface area contributed by atoms with Crippen LogP contribution in [-0.2, 0) is 27.9 Å². The molecule has 0 aromatic heterocycles. The Balaban J connectivity index is 5.42. The first kappa shape index (κ1) is 72.7. The molecule has 436 valence electrons. The van der Waals surface area contributed by atoms with E-state index >= 15 is 0 Å². The van der Waals surface area contributed by atoms with Gasteiger partial charge in [-0.25, -0.2) is 4.57 Å². The normalized spacial score (nSPS) is 14.5. The number of unbranched alkanes of at least 4 members (excludes halogenated alkanes) is 22. The second kappa shape index (κ2) is 55.0. The molecule has 3 unspecified atom stereocenters. The lowest BCUT2D eigenvalue weighted by Gasteiger charge is -2.27. The summed E-state index contributed by atoms with van der Waals surface area (Å²) in [6, 6.07) is -0.885. The smallest absolute Gasteiger partial charge is 0.456 e. The summed E-state index contributed by atoms with van der Waals surface area (Å²) >= 11 is 0. The van der Waals surface area contributed by atoms with Gasteiger partial charge in [-0.05, 0) is 122 Å². The quantitative estimate of drug-likeness (QED) is 0.0205. The number of amides is 1. The van der Waals surface area contributed by atoms with Crippen molar-refractivity contribution in [1.29, 1.82) is 0 Å². The molecule has 0 radical (unpaired) electrons. The van der Waals surface area contributed by atoms with E-state index in [2.05, 4.69) is 123 Å². The Morgan fingerprint density at radius 1 is 0.461 bits per heavy atom. The molecule has 76 heavy (non-hydrogen) atoms. The van der Waals surface area contributed by atoms with Crippen LogP contribution in [0.25, 0.3) is 0 Å². The highest BCUT2D eigenvalue weighted by Gasteiger charge is 2.30. The number of rotatable bonds is 54. The number of nitrogens with one attached hydrogen (secondary N) is 1. The molecule has 0 bridgehead atoms. The molecule has 2 N–H and O–H groups in total. The number of carbonyl (C=O) groups excluding carboxylic acids is 2. The van der Waals surface area contributed by atoms with E-state index in [-0.39, 0.29) is 37.9 Å². The van der Waals surface area contributed by atoms with Crippen molar-refractivity contribution in [2.75, 3.05) is 40.9 Å². The van der Waals surface area contributed by atoms with Gasteiger partial charge in [0, 0.05) is 12.8 Å². The van der Waals surface area contributed by atoms with Crippen molar-refractivity contribution < 1.29 is 37.3 Å². The summed E-state index contributed by atoms with van der Waals surface area (Å²) in [6.07, 6.45) is 75.1. The third kappa shape index (κ3) is 55.4. The van der Waals surface area contributed by atoms with E-state index in [1.54, 1.807) is 0 Å². The van der Waals surface area contributed by atoms with E-state index < -0.39 is 20.0 Å². The highest BCUT2D eigenvalue weighted by Crippen LogP contribution is 2.43. The predicted octanol–water partition coefficient (Wildman–Crippen LogP) is 18.9. The summed E-state index contributed by atoms with van der Waals surface area (Å²) in [5.41, 5.74) is 0. The molecule has 0 fully saturated rings. The van der Waals surface area contributed by atoms with Gasteiger partial charge in [0.2, 0.25) is 5.91 Å². The first-order valence-electron chi connectivity index (χ1n) is 30.7. The lowest BCUT2D eigenvalue weighted by molar-refractivity contribution is -0.870. The zero-order valence-corrected chi connectivity index (χ0v) is 50.6. The first-order chi connectivity index (χ1) is 36.9. The molecule has 3 atom stereocenters. The van der Waals surface area contributed by atoms with Gasteiger partial charge >= 0.3 is 13.8 Å². The minimum Gasteiger partial charge on any atom is -0.456 e. The highest BCUT2D eigenvalue weighted by atomic mass is 31.2. The number of hydrogen-bond donors (Lipinski definition) is 2. The third-order valence-electron chi connectivity index (χ3n) is 12.9. The number of phosphoric ester groups is 1. The zero-order valence-electron chi connectivity index (χ0n) is 49.7. The standard InChI is InChI=1S/C66H115N2O7P/c1-7-10-13-16-19-22-25-28-30-32-34-36-38-40-43-46-49-52-55-58-65(69)67-63(62-74-76(71,72)73-61-60-68(4,5)6)64(57-54-51-48-45-42-27-24-21-18-15-12-9-3)75-66(70)59-56-53-50-47-44-41-39-37-35-33-31-29-26-23-20-17-14-11-8-2/h19-20,22-23,28-31,34-37,40-41,43-44,54,57,63-64H,7-18,21,24-27,32-33,38-39,42,45-53,55-56,58-62H2,1-6H3,(H-,67,69,71,72)/p+1/b22-19-,23-20-,30-28-,31-29-,36-34-,37-35-,43-40-,44-41-,57-54+. The van der Waals surface area contributed by atoms with E-state index in [0.29, 0.717) is 23.9 Å². The second-order valence-corrected chi connectivity index (χ2v) is 23.0. The zero-order chi connectivity index (χ0) is 55.7. The lowest BCUT2D eigenvalue weighted by atomic mass is 10.1. The number of phosphoric acid groups is 1. The molecule has 0 aromatic rings. The summed E-state index contributed by atoms with van der Waals surface area (Å²) < 4.78 is 30.6. The van der Waals surface area contributed by atoms with Crippen molar-refractivity contribution in [2.24, 2.45) is 0 Å². The van der Waals surface area contributed by atoms with Crippen molar-refractivity contribution in [1.82, 2.24) is 5.32 Å². The van der Waals surface area contributed by atoms with Gasteiger partial charge in [-0.1, -0.05) is 220 Å². The number of hydrogen-bond acceptors (Lipinski definition) is 6. The van der Waals surface area contributed by atoms with Gasteiger partial charge in [0.1, 0.15) is 19.3 Å². The van der Waals surface area contributed by atoms with Crippen LogP contribution in [0.5, 0.6) is 0 Å². The number of esters is 1. The summed E-state index contributed by atoms with van der Waals surface area (Å²) in [7, 11) is 1.44. The number of likely N-dealkylation sites (N-methyl/N-ethyl adjacent to an activating group) is 1. The Kier molecular flexibility index (Phi) is 52.6. The summed E-state index contributed by atoms with van der Waals surface area (Å²) in [5.74, 6) is -0.584. The van der Waals surface area contributed by atoms with Crippen LogP contribution < -0.4 is 5.32 Å². The monoisotopic (exact) mass is 1080 g/mol. The van der Waals surface area contributed by atoms with Gasteiger partial charge in [0.25, 0.3) is 0 Å². The molecule has 0 saturated carbocycles.